The normalized spacial score (nSPS) is 12.0. The van der Waals surface area contributed by atoms with Crippen molar-refractivity contribution in [3.63, 3.8) is 0 Å². The van der Waals surface area contributed by atoms with Crippen LogP contribution in [0, 0.1) is 19.7 Å². The zero-order chi connectivity index (χ0) is 28.6. The number of benzene rings is 3. The van der Waals surface area contributed by atoms with Crippen LogP contribution in [0.3, 0.4) is 0 Å². The molecule has 7 nitrogen and oxygen atoms in total. The molecule has 0 radical (unpaired) electrons. The van der Waals surface area contributed by atoms with Crippen molar-refractivity contribution in [2.75, 3.05) is 23.7 Å². The summed E-state index contributed by atoms with van der Waals surface area (Å²) in [6.07, 6.45) is 1.92. The molecule has 1 unspecified atom stereocenters. The van der Waals surface area contributed by atoms with Crippen LogP contribution in [0.15, 0.2) is 72.8 Å². The minimum Gasteiger partial charge on any atom is -0.354 e. The molecule has 1 N–H and O–H groups in total. The number of nitrogens with one attached hydrogen (secondary N) is 1. The average molecular weight is 554 g/mol. The first-order chi connectivity index (χ1) is 18.5. The molecule has 0 saturated heterocycles. The Kier molecular flexibility index (Phi) is 10.2. The van der Waals surface area contributed by atoms with Crippen LogP contribution in [0.2, 0.25) is 0 Å². The standard InChI is InChI=1S/C30H36FN3O4S/c1-5-18-32-30(36)27(19-24-14-7-6-8-15-24)33(20-25-16-9-10-17-26(25)31)28(35)21-34(39(4,37)38)29-22(2)12-11-13-23(29)3/h6-17,27H,5,18-21H2,1-4H3,(H,32,36). The second-order valence-corrected chi connectivity index (χ2v) is 11.5. The van der Waals surface area contributed by atoms with Crippen molar-refractivity contribution in [2.24, 2.45) is 0 Å². The number of hydrogen-bond acceptors (Lipinski definition) is 4. The number of para-hydroxylation sites is 1. The van der Waals surface area contributed by atoms with Crippen LogP contribution in [0.1, 0.15) is 35.6 Å². The van der Waals surface area contributed by atoms with Gasteiger partial charge in [-0.3, -0.25) is 13.9 Å². The lowest BCUT2D eigenvalue weighted by Gasteiger charge is -2.34. The number of amides is 2. The molecular weight excluding hydrogens is 517 g/mol. The number of rotatable bonds is 12. The van der Waals surface area contributed by atoms with E-state index in [0.717, 1.165) is 16.1 Å². The van der Waals surface area contributed by atoms with E-state index in [4.69, 9.17) is 0 Å². The maximum absolute atomic E-state index is 14.8. The molecule has 0 saturated carbocycles. The monoisotopic (exact) mass is 553 g/mol. The SMILES string of the molecule is CCCNC(=O)C(Cc1ccccc1)N(Cc1ccccc1F)C(=O)CN(c1c(C)cccc1C)S(C)(=O)=O. The van der Waals surface area contributed by atoms with E-state index in [-0.39, 0.29) is 24.4 Å². The fourth-order valence-electron chi connectivity index (χ4n) is 4.50. The van der Waals surface area contributed by atoms with Gasteiger partial charge in [-0.1, -0.05) is 73.7 Å². The Balaban J connectivity index is 2.09. The quantitative estimate of drug-likeness (QED) is 0.361. The molecule has 0 aliphatic heterocycles. The minimum atomic E-state index is -3.88. The second kappa shape index (κ2) is 13.4. The minimum absolute atomic E-state index is 0.179. The van der Waals surface area contributed by atoms with Gasteiger partial charge in [0.2, 0.25) is 21.8 Å². The van der Waals surface area contributed by atoms with Crippen molar-refractivity contribution < 1.29 is 22.4 Å². The number of aryl methyl sites for hydroxylation is 2. The number of sulfonamides is 1. The molecule has 0 aliphatic rings. The highest BCUT2D eigenvalue weighted by Gasteiger charge is 2.34. The summed E-state index contributed by atoms with van der Waals surface area (Å²) in [7, 11) is -3.88. The van der Waals surface area contributed by atoms with Gasteiger partial charge in [-0.2, -0.15) is 0 Å². The van der Waals surface area contributed by atoms with Gasteiger partial charge in [0.1, 0.15) is 18.4 Å². The molecule has 0 bridgehead atoms. The fourth-order valence-corrected chi connectivity index (χ4v) is 5.47. The summed E-state index contributed by atoms with van der Waals surface area (Å²) >= 11 is 0. The first-order valence-electron chi connectivity index (χ1n) is 12.9. The maximum atomic E-state index is 14.8. The van der Waals surface area contributed by atoms with Crippen LogP contribution >= 0.6 is 0 Å². The molecule has 0 aliphatic carbocycles. The molecule has 0 fully saturated rings. The third kappa shape index (κ3) is 7.89. The number of anilines is 1. The number of carbonyl (C=O) groups is 2. The van der Waals surface area contributed by atoms with E-state index in [1.165, 1.54) is 11.0 Å². The van der Waals surface area contributed by atoms with Crippen molar-refractivity contribution in [3.8, 4) is 0 Å². The topological polar surface area (TPSA) is 86.8 Å². The van der Waals surface area contributed by atoms with E-state index >= 15 is 0 Å². The summed E-state index contributed by atoms with van der Waals surface area (Å²) in [4.78, 5) is 28.8. The van der Waals surface area contributed by atoms with Crippen LogP contribution < -0.4 is 9.62 Å². The Morgan fingerprint density at radius 2 is 1.54 bits per heavy atom. The molecule has 9 heteroatoms. The van der Waals surface area contributed by atoms with E-state index in [9.17, 15) is 22.4 Å². The van der Waals surface area contributed by atoms with Crippen molar-refractivity contribution in [1.29, 1.82) is 0 Å². The predicted octanol–water partition coefficient (Wildman–Crippen LogP) is 4.37. The summed E-state index contributed by atoms with van der Waals surface area (Å²) in [5.74, 6) is -1.51. The highest BCUT2D eigenvalue weighted by Crippen LogP contribution is 2.27. The van der Waals surface area contributed by atoms with Gasteiger partial charge in [0.15, 0.2) is 0 Å². The third-order valence-corrected chi connectivity index (χ3v) is 7.60. The molecule has 0 spiro atoms. The Morgan fingerprint density at radius 3 is 2.13 bits per heavy atom. The van der Waals surface area contributed by atoms with Gasteiger partial charge in [0.05, 0.1) is 11.9 Å². The zero-order valence-electron chi connectivity index (χ0n) is 22.9. The van der Waals surface area contributed by atoms with E-state index in [0.29, 0.717) is 29.8 Å². The molecule has 39 heavy (non-hydrogen) atoms. The van der Waals surface area contributed by atoms with E-state index in [1.54, 1.807) is 44.2 Å². The number of nitrogens with zero attached hydrogens (tertiary/aromatic N) is 2. The number of halogens is 1. The molecule has 208 valence electrons. The van der Waals surface area contributed by atoms with Crippen LogP contribution in [0.5, 0.6) is 0 Å². The van der Waals surface area contributed by atoms with E-state index < -0.39 is 34.3 Å². The lowest BCUT2D eigenvalue weighted by atomic mass is 10.0. The molecule has 0 heterocycles. The molecule has 3 rings (SSSR count). The van der Waals surface area contributed by atoms with Gasteiger partial charge in [-0.15, -0.1) is 0 Å². The summed E-state index contributed by atoms with van der Waals surface area (Å²) < 4.78 is 41.8. The van der Waals surface area contributed by atoms with Gasteiger partial charge in [-0.05, 0) is 43.0 Å². The van der Waals surface area contributed by atoms with Crippen LogP contribution in [-0.2, 0) is 32.6 Å². The van der Waals surface area contributed by atoms with Gasteiger partial charge < -0.3 is 10.2 Å². The van der Waals surface area contributed by atoms with Crippen molar-refractivity contribution >= 4 is 27.5 Å². The fraction of sp³-hybridized carbons (Fsp3) is 0.333. The lowest BCUT2D eigenvalue weighted by Crippen LogP contribution is -2.53. The number of hydrogen-bond donors (Lipinski definition) is 1. The molecular formula is C30H36FN3O4S. The largest absolute Gasteiger partial charge is 0.354 e. The van der Waals surface area contributed by atoms with E-state index in [2.05, 4.69) is 5.32 Å². The molecule has 0 aromatic heterocycles. The van der Waals surface area contributed by atoms with Crippen LogP contribution in [-0.4, -0.2) is 50.5 Å². The molecule has 2 amide bonds. The highest BCUT2D eigenvalue weighted by molar-refractivity contribution is 7.92. The molecule has 3 aromatic carbocycles. The lowest BCUT2D eigenvalue weighted by molar-refractivity contribution is -0.140. The highest BCUT2D eigenvalue weighted by atomic mass is 32.2. The Labute approximate surface area is 230 Å². The Bertz CT molecular complexity index is 1380. The Morgan fingerprint density at radius 1 is 0.923 bits per heavy atom. The summed E-state index contributed by atoms with van der Waals surface area (Å²) in [5, 5.41) is 2.86. The van der Waals surface area contributed by atoms with Crippen molar-refractivity contribution in [1.82, 2.24) is 10.2 Å². The summed E-state index contributed by atoms with van der Waals surface area (Å²) in [6.45, 7) is 5.14. The van der Waals surface area contributed by atoms with Crippen LogP contribution in [0.25, 0.3) is 0 Å². The summed E-state index contributed by atoms with van der Waals surface area (Å²) in [5.41, 5.74) is 2.83. The van der Waals surface area contributed by atoms with E-state index in [1.807, 2.05) is 43.3 Å². The predicted molar refractivity (Wildman–Crippen MR) is 152 cm³/mol. The van der Waals surface area contributed by atoms with Gasteiger partial charge in [0.25, 0.3) is 0 Å². The second-order valence-electron chi connectivity index (χ2n) is 9.62. The first kappa shape index (κ1) is 29.8. The summed E-state index contributed by atoms with van der Waals surface area (Å²) in [6, 6.07) is 19.7. The van der Waals surface area contributed by atoms with Crippen LogP contribution in [0.4, 0.5) is 10.1 Å². The van der Waals surface area contributed by atoms with Gasteiger partial charge in [-0.25, -0.2) is 12.8 Å². The molecule has 3 aromatic rings. The maximum Gasteiger partial charge on any atom is 0.244 e. The molecule has 1 atom stereocenters. The van der Waals surface area contributed by atoms with Gasteiger partial charge >= 0.3 is 0 Å². The zero-order valence-corrected chi connectivity index (χ0v) is 23.7. The third-order valence-electron chi connectivity index (χ3n) is 6.49. The van der Waals surface area contributed by atoms with Crippen molar-refractivity contribution in [2.45, 2.75) is 46.2 Å². The van der Waals surface area contributed by atoms with Crippen molar-refractivity contribution in [3.05, 3.63) is 101 Å². The smallest absolute Gasteiger partial charge is 0.244 e. The van der Waals surface area contributed by atoms with Gasteiger partial charge in [0, 0.05) is 25.1 Å². The number of carbonyl (C=O) groups excluding carboxylic acids is 2. The Hall–Kier alpha value is -3.72. The average Bonchev–Trinajstić information content (AvgIpc) is 2.89. The first-order valence-corrected chi connectivity index (χ1v) is 14.8.